The van der Waals surface area contributed by atoms with Gasteiger partial charge in [0.25, 0.3) is 0 Å². The second-order valence-electron chi connectivity index (χ2n) is 5.63. The van der Waals surface area contributed by atoms with E-state index in [-0.39, 0.29) is 6.04 Å². The second-order valence-corrected chi connectivity index (χ2v) is 7.54. The van der Waals surface area contributed by atoms with Crippen molar-refractivity contribution in [2.75, 3.05) is 13.1 Å². The summed E-state index contributed by atoms with van der Waals surface area (Å²) >= 11 is 0. The number of rotatable bonds is 3. The van der Waals surface area contributed by atoms with Crippen LogP contribution in [-0.4, -0.2) is 40.8 Å². The standard InChI is InChI=1S/C16H16N4O2S/c21-23(22,16-7-3-5-13-4-1-2-6-15(13)16)19-11-8-14(12-19)20-17-9-10-18-20/h1-7,9-10,14H,8,11-12H2. The van der Waals surface area contributed by atoms with Crippen molar-refractivity contribution < 1.29 is 8.42 Å². The van der Waals surface area contributed by atoms with Gasteiger partial charge in [0.05, 0.1) is 23.3 Å². The molecule has 0 saturated carbocycles. The van der Waals surface area contributed by atoms with Crippen LogP contribution < -0.4 is 0 Å². The zero-order valence-electron chi connectivity index (χ0n) is 12.4. The molecule has 0 spiro atoms. The second kappa shape index (κ2) is 5.43. The van der Waals surface area contributed by atoms with Crippen molar-refractivity contribution in [1.29, 1.82) is 0 Å². The maximum atomic E-state index is 13.0. The maximum absolute atomic E-state index is 13.0. The van der Waals surface area contributed by atoms with Crippen LogP contribution in [0.15, 0.2) is 59.8 Å². The highest BCUT2D eigenvalue weighted by Gasteiger charge is 2.34. The summed E-state index contributed by atoms with van der Waals surface area (Å²) in [5, 5.41) is 9.93. The molecule has 1 aliphatic heterocycles. The molecule has 23 heavy (non-hydrogen) atoms. The van der Waals surface area contributed by atoms with E-state index in [9.17, 15) is 8.42 Å². The van der Waals surface area contributed by atoms with E-state index in [1.54, 1.807) is 29.3 Å². The average Bonchev–Trinajstić information content (AvgIpc) is 3.25. The number of nitrogens with zero attached hydrogens (tertiary/aromatic N) is 4. The Bertz CT molecular complexity index is 932. The quantitative estimate of drug-likeness (QED) is 0.738. The van der Waals surface area contributed by atoms with Gasteiger partial charge in [0, 0.05) is 18.5 Å². The van der Waals surface area contributed by atoms with E-state index in [0.717, 1.165) is 17.2 Å². The highest BCUT2D eigenvalue weighted by molar-refractivity contribution is 7.89. The SMILES string of the molecule is O=S(=O)(c1cccc2ccccc12)N1CCC(n2nccn2)C1. The van der Waals surface area contributed by atoms with Gasteiger partial charge in [-0.05, 0) is 17.9 Å². The van der Waals surface area contributed by atoms with Crippen LogP contribution in [0.2, 0.25) is 0 Å². The number of benzene rings is 2. The zero-order chi connectivity index (χ0) is 15.9. The topological polar surface area (TPSA) is 68.1 Å². The smallest absolute Gasteiger partial charge is 0.207 e. The summed E-state index contributed by atoms with van der Waals surface area (Å²) in [5.41, 5.74) is 0. The van der Waals surface area contributed by atoms with Crippen LogP contribution in [0.5, 0.6) is 0 Å². The van der Waals surface area contributed by atoms with Gasteiger partial charge in [-0.2, -0.15) is 19.3 Å². The van der Waals surface area contributed by atoms with Crippen molar-refractivity contribution in [2.24, 2.45) is 0 Å². The summed E-state index contributed by atoms with van der Waals surface area (Å²) in [7, 11) is -3.52. The minimum Gasteiger partial charge on any atom is -0.207 e. The first-order valence-electron chi connectivity index (χ1n) is 7.50. The molecule has 1 aromatic heterocycles. The van der Waals surface area contributed by atoms with E-state index < -0.39 is 10.0 Å². The van der Waals surface area contributed by atoms with Crippen LogP contribution in [0.25, 0.3) is 10.8 Å². The Morgan fingerprint density at radius 2 is 1.74 bits per heavy atom. The van der Waals surface area contributed by atoms with Crippen molar-refractivity contribution in [1.82, 2.24) is 19.3 Å². The van der Waals surface area contributed by atoms with Crippen molar-refractivity contribution in [3.05, 3.63) is 54.9 Å². The molecule has 7 heteroatoms. The lowest BCUT2D eigenvalue weighted by Crippen LogP contribution is -2.29. The van der Waals surface area contributed by atoms with Crippen LogP contribution in [0.3, 0.4) is 0 Å². The first-order valence-corrected chi connectivity index (χ1v) is 8.94. The third-order valence-corrected chi connectivity index (χ3v) is 6.18. The molecule has 2 aromatic carbocycles. The third kappa shape index (κ3) is 2.42. The molecule has 1 atom stereocenters. The number of hydrogen-bond donors (Lipinski definition) is 0. The summed E-state index contributed by atoms with van der Waals surface area (Å²) in [6.45, 7) is 0.887. The molecule has 118 valence electrons. The number of aromatic nitrogens is 3. The average molecular weight is 328 g/mol. The monoisotopic (exact) mass is 328 g/mol. The molecule has 0 bridgehead atoms. The third-order valence-electron chi connectivity index (χ3n) is 4.26. The van der Waals surface area contributed by atoms with Gasteiger partial charge < -0.3 is 0 Å². The van der Waals surface area contributed by atoms with Crippen LogP contribution in [0.1, 0.15) is 12.5 Å². The number of sulfonamides is 1. The Morgan fingerprint density at radius 3 is 2.57 bits per heavy atom. The molecule has 1 aliphatic rings. The molecule has 0 amide bonds. The summed E-state index contributed by atoms with van der Waals surface area (Å²) in [6, 6.07) is 12.9. The van der Waals surface area contributed by atoms with E-state index in [1.165, 1.54) is 4.31 Å². The van der Waals surface area contributed by atoms with E-state index in [4.69, 9.17) is 0 Å². The lowest BCUT2D eigenvalue weighted by molar-refractivity contribution is 0.403. The molecular formula is C16H16N4O2S. The molecule has 4 rings (SSSR count). The number of fused-ring (bicyclic) bond motifs is 1. The fraction of sp³-hybridized carbons (Fsp3) is 0.250. The lowest BCUT2D eigenvalue weighted by atomic mass is 10.1. The Hall–Kier alpha value is -2.25. The van der Waals surface area contributed by atoms with Crippen molar-refractivity contribution in [2.45, 2.75) is 17.4 Å². The van der Waals surface area contributed by atoms with Crippen LogP contribution >= 0.6 is 0 Å². The molecule has 0 aliphatic carbocycles. The predicted molar refractivity (Wildman–Crippen MR) is 86.4 cm³/mol. The minimum absolute atomic E-state index is 0.00486. The molecule has 1 saturated heterocycles. The van der Waals surface area contributed by atoms with E-state index in [2.05, 4.69) is 10.2 Å². The van der Waals surface area contributed by atoms with E-state index in [1.807, 2.05) is 30.3 Å². The zero-order valence-corrected chi connectivity index (χ0v) is 13.2. The van der Waals surface area contributed by atoms with Crippen LogP contribution in [0.4, 0.5) is 0 Å². The molecule has 2 heterocycles. The molecular weight excluding hydrogens is 312 g/mol. The fourth-order valence-electron chi connectivity index (χ4n) is 3.09. The van der Waals surface area contributed by atoms with E-state index >= 15 is 0 Å². The molecule has 6 nitrogen and oxygen atoms in total. The normalized spacial score (nSPS) is 19.4. The Balaban J connectivity index is 1.70. The maximum Gasteiger partial charge on any atom is 0.243 e. The van der Waals surface area contributed by atoms with Crippen molar-refractivity contribution in [3.63, 3.8) is 0 Å². The minimum atomic E-state index is -3.52. The lowest BCUT2D eigenvalue weighted by Gasteiger charge is -2.17. The van der Waals surface area contributed by atoms with Gasteiger partial charge in [-0.25, -0.2) is 8.42 Å². The van der Waals surface area contributed by atoms with Gasteiger partial charge in [-0.15, -0.1) is 0 Å². The highest BCUT2D eigenvalue weighted by Crippen LogP contribution is 2.30. The molecule has 0 radical (unpaired) electrons. The van der Waals surface area contributed by atoms with Gasteiger partial charge >= 0.3 is 0 Å². The van der Waals surface area contributed by atoms with Crippen molar-refractivity contribution >= 4 is 20.8 Å². The van der Waals surface area contributed by atoms with Crippen molar-refractivity contribution in [3.8, 4) is 0 Å². The molecule has 0 N–H and O–H groups in total. The Morgan fingerprint density at radius 1 is 1.00 bits per heavy atom. The Kier molecular flexibility index (Phi) is 3.39. The summed E-state index contributed by atoms with van der Waals surface area (Å²) in [5.74, 6) is 0. The first kappa shape index (κ1) is 14.3. The summed E-state index contributed by atoms with van der Waals surface area (Å²) < 4.78 is 27.6. The van der Waals surface area contributed by atoms with Crippen LogP contribution in [0, 0.1) is 0 Å². The van der Waals surface area contributed by atoms with E-state index in [0.29, 0.717) is 18.0 Å². The molecule has 1 unspecified atom stereocenters. The van der Waals surface area contributed by atoms with Gasteiger partial charge in [0.1, 0.15) is 0 Å². The first-order chi connectivity index (χ1) is 11.2. The fourth-order valence-corrected chi connectivity index (χ4v) is 4.80. The number of hydrogen-bond acceptors (Lipinski definition) is 4. The Labute approximate surface area is 134 Å². The van der Waals surface area contributed by atoms with Crippen LogP contribution in [-0.2, 0) is 10.0 Å². The van der Waals surface area contributed by atoms with Gasteiger partial charge in [0.2, 0.25) is 10.0 Å². The highest BCUT2D eigenvalue weighted by atomic mass is 32.2. The summed E-state index contributed by atoms with van der Waals surface area (Å²) in [6.07, 6.45) is 3.95. The van der Waals surface area contributed by atoms with Gasteiger partial charge in [-0.3, -0.25) is 0 Å². The largest absolute Gasteiger partial charge is 0.243 e. The summed E-state index contributed by atoms with van der Waals surface area (Å²) in [4.78, 5) is 1.96. The molecule has 1 fully saturated rings. The van der Waals surface area contributed by atoms with Gasteiger partial charge in [-0.1, -0.05) is 36.4 Å². The van der Waals surface area contributed by atoms with Gasteiger partial charge in [0.15, 0.2) is 0 Å². The molecule has 3 aromatic rings. The predicted octanol–water partition coefficient (Wildman–Crippen LogP) is 2.07.